The van der Waals surface area contributed by atoms with Crippen LogP contribution in [0.15, 0.2) is 49.1 Å². The molecule has 10 nitrogen and oxygen atoms in total. The molecule has 3 N–H and O–H groups in total. The first-order valence-corrected chi connectivity index (χ1v) is 12.1. The molecular weight excluding hydrogens is 454 g/mol. The van der Waals surface area contributed by atoms with Gasteiger partial charge in [-0.3, -0.25) is 19.9 Å². The molecule has 1 aliphatic rings. The van der Waals surface area contributed by atoms with E-state index in [1.807, 2.05) is 37.5 Å². The fraction of sp³-hybridized carbons (Fsp3) is 0.269. The Kier molecular flexibility index (Phi) is 5.57. The van der Waals surface area contributed by atoms with Crippen LogP contribution >= 0.6 is 0 Å². The van der Waals surface area contributed by atoms with Crippen molar-refractivity contribution in [3.8, 4) is 22.6 Å². The third-order valence-electron chi connectivity index (χ3n) is 6.68. The summed E-state index contributed by atoms with van der Waals surface area (Å²) in [5, 5.41) is 11.5. The Balaban J connectivity index is 1.38. The maximum atomic E-state index is 11.8. The lowest BCUT2D eigenvalue weighted by molar-refractivity contribution is -0.115. The number of nitrogens with one attached hydrogen (secondary N) is 3. The van der Waals surface area contributed by atoms with Crippen molar-refractivity contribution in [2.45, 2.75) is 13.3 Å². The van der Waals surface area contributed by atoms with Crippen LogP contribution in [0.4, 0.5) is 11.4 Å². The Morgan fingerprint density at radius 1 is 1.00 bits per heavy atom. The number of carbonyl (C=O) groups excluding carboxylic acids is 1. The number of hydrogen-bond donors (Lipinski definition) is 3. The maximum absolute atomic E-state index is 11.8. The standard InChI is InChI=1S/C26H27N9O/c1-3-23(36)29-18-10-17(12-27-13-18)16-4-5-20-19(11-16)24(33-32-20)26-30-21-14-28-15-22(25(21)31-26)35-8-6-34(2)7-9-35/h4-5,10-15H,3,6-9H2,1-2H3,(H,29,36)(H,30,31)(H,32,33). The fourth-order valence-electron chi connectivity index (χ4n) is 4.60. The monoisotopic (exact) mass is 481 g/mol. The van der Waals surface area contributed by atoms with E-state index in [1.54, 1.807) is 12.4 Å². The van der Waals surface area contributed by atoms with Gasteiger partial charge in [0.05, 0.1) is 41.0 Å². The minimum absolute atomic E-state index is 0.0446. The zero-order valence-corrected chi connectivity index (χ0v) is 20.2. The van der Waals surface area contributed by atoms with Crippen molar-refractivity contribution in [1.82, 2.24) is 35.0 Å². The molecule has 6 rings (SSSR count). The average Bonchev–Trinajstić information content (AvgIpc) is 3.53. The highest BCUT2D eigenvalue weighted by molar-refractivity contribution is 5.97. The highest BCUT2D eigenvalue weighted by atomic mass is 16.1. The molecule has 1 saturated heterocycles. The number of benzene rings is 1. The predicted octanol–water partition coefficient (Wildman–Crippen LogP) is 3.66. The molecule has 0 aliphatic carbocycles. The van der Waals surface area contributed by atoms with Gasteiger partial charge in [-0.1, -0.05) is 13.0 Å². The molecule has 1 amide bonds. The van der Waals surface area contributed by atoms with Crippen LogP contribution in [0.5, 0.6) is 0 Å². The Hall–Kier alpha value is -4.31. The molecule has 10 heteroatoms. The quantitative estimate of drug-likeness (QED) is 0.350. The number of pyridine rings is 2. The third-order valence-corrected chi connectivity index (χ3v) is 6.68. The minimum atomic E-state index is -0.0446. The number of imidazole rings is 1. The van der Waals surface area contributed by atoms with Crippen LogP contribution < -0.4 is 10.2 Å². The van der Waals surface area contributed by atoms with Crippen molar-refractivity contribution in [2.24, 2.45) is 0 Å². The van der Waals surface area contributed by atoms with Crippen LogP contribution in [0.1, 0.15) is 13.3 Å². The zero-order valence-electron chi connectivity index (χ0n) is 20.2. The van der Waals surface area contributed by atoms with Gasteiger partial charge in [0.2, 0.25) is 5.91 Å². The van der Waals surface area contributed by atoms with E-state index in [0.717, 1.165) is 70.6 Å². The van der Waals surface area contributed by atoms with E-state index in [9.17, 15) is 4.79 Å². The molecule has 1 fully saturated rings. The Morgan fingerprint density at radius 3 is 2.67 bits per heavy atom. The third kappa shape index (κ3) is 4.05. The molecule has 0 spiro atoms. The van der Waals surface area contributed by atoms with Gasteiger partial charge in [0, 0.05) is 49.7 Å². The number of rotatable bonds is 5. The summed E-state index contributed by atoms with van der Waals surface area (Å²) < 4.78 is 0. The van der Waals surface area contributed by atoms with Crippen molar-refractivity contribution in [3.05, 3.63) is 49.1 Å². The lowest BCUT2D eigenvalue weighted by atomic mass is 10.0. The number of anilines is 2. The van der Waals surface area contributed by atoms with Crippen LogP contribution in [0.3, 0.4) is 0 Å². The number of fused-ring (bicyclic) bond motifs is 2. The molecule has 1 aliphatic heterocycles. The first kappa shape index (κ1) is 22.2. The molecule has 0 atom stereocenters. The second-order valence-corrected chi connectivity index (χ2v) is 9.13. The van der Waals surface area contributed by atoms with Gasteiger partial charge in [-0.2, -0.15) is 5.10 Å². The van der Waals surface area contributed by atoms with Crippen LogP contribution in [-0.4, -0.2) is 74.2 Å². The molecule has 0 radical (unpaired) electrons. The van der Waals surface area contributed by atoms with Crippen LogP contribution in [0.2, 0.25) is 0 Å². The summed E-state index contributed by atoms with van der Waals surface area (Å²) in [5.74, 6) is 0.649. The molecular formula is C26H27N9O. The Labute approximate surface area is 207 Å². The SMILES string of the molecule is CCC(=O)Nc1cncc(-c2ccc3[nH]nc(-c4nc5c(N6CCN(C)CC6)cncc5[nH]4)c3c2)c1. The molecule has 36 heavy (non-hydrogen) atoms. The number of hydrogen-bond acceptors (Lipinski definition) is 7. The summed E-state index contributed by atoms with van der Waals surface area (Å²) in [5.41, 5.74) is 7.04. The first-order valence-electron chi connectivity index (χ1n) is 12.1. The van der Waals surface area contributed by atoms with Crippen molar-refractivity contribution < 1.29 is 4.79 Å². The highest BCUT2D eigenvalue weighted by Crippen LogP contribution is 2.32. The molecule has 4 aromatic heterocycles. The number of likely N-dealkylation sites (N-methyl/N-ethyl adjacent to an activating group) is 1. The normalized spacial score (nSPS) is 14.6. The lowest BCUT2D eigenvalue weighted by Gasteiger charge is -2.33. The number of carbonyl (C=O) groups is 1. The van der Waals surface area contributed by atoms with Crippen molar-refractivity contribution >= 4 is 39.2 Å². The van der Waals surface area contributed by atoms with Gasteiger partial charge in [-0.25, -0.2) is 4.98 Å². The first-order chi connectivity index (χ1) is 17.6. The van der Waals surface area contributed by atoms with Gasteiger partial charge in [0.25, 0.3) is 0 Å². The number of aromatic amines is 2. The summed E-state index contributed by atoms with van der Waals surface area (Å²) in [7, 11) is 2.15. The van der Waals surface area contributed by atoms with E-state index in [1.165, 1.54) is 0 Å². The molecule has 0 saturated carbocycles. The Morgan fingerprint density at radius 2 is 1.83 bits per heavy atom. The smallest absolute Gasteiger partial charge is 0.224 e. The molecule has 1 aromatic carbocycles. The number of amides is 1. The van der Waals surface area contributed by atoms with Crippen molar-refractivity contribution in [1.29, 1.82) is 0 Å². The molecule has 5 aromatic rings. The van der Waals surface area contributed by atoms with Gasteiger partial charge in [0.1, 0.15) is 11.2 Å². The maximum Gasteiger partial charge on any atom is 0.224 e. The van der Waals surface area contributed by atoms with Crippen LogP contribution in [0.25, 0.3) is 44.6 Å². The lowest BCUT2D eigenvalue weighted by Crippen LogP contribution is -2.44. The largest absolute Gasteiger partial charge is 0.366 e. The second kappa shape index (κ2) is 9.04. The average molecular weight is 482 g/mol. The second-order valence-electron chi connectivity index (χ2n) is 9.13. The van der Waals surface area contributed by atoms with E-state index in [0.29, 0.717) is 17.9 Å². The molecule has 0 unspecified atom stereocenters. The van der Waals surface area contributed by atoms with Crippen LogP contribution in [-0.2, 0) is 4.79 Å². The van der Waals surface area contributed by atoms with Gasteiger partial charge in [0.15, 0.2) is 5.82 Å². The fourth-order valence-corrected chi connectivity index (χ4v) is 4.60. The number of nitrogens with zero attached hydrogens (tertiary/aromatic N) is 6. The summed E-state index contributed by atoms with van der Waals surface area (Å²) in [6.07, 6.45) is 7.57. The van der Waals surface area contributed by atoms with Crippen molar-refractivity contribution in [3.63, 3.8) is 0 Å². The Bertz CT molecular complexity index is 1560. The number of piperazine rings is 1. The van der Waals surface area contributed by atoms with E-state index in [2.05, 4.69) is 53.4 Å². The van der Waals surface area contributed by atoms with Gasteiger partial charge in [-0.15, -0.1) is 0 Å². The topological polar surface area (TPSA) is 119 Å². The van der Waals surface area contributed by atoms with E-state index < -0.39 is 0 Å². The number of aromatic nitrogens is 6. The highest BCUT2D eigenvalue weighted by Gasteiger charge is 2.20. The van der Waals surface area contributed by atoms with Gasteiger partial charge < -0.3 is 20.1 Å². The van der Waals surface area contributed by atoms with Crippen molar-refractivity contribution in [2.75, 3.05) is 43.4 Å². The molecule has 5 heterocycles. The van der Waals surface area contributed by atoms with Gasteiger partial charge >= 0.3 is 0 Å². The van der Waals surface area contributed by atoms with E-state index in [-0.39, 0.29) is 5.91 Å². The summed E-state index contributed by atoms with van der Waals surface area (Å²) in [6.45, 7) is 5.74. The van der Waals surface area contributed by atoms with E-state index >= 15 is 0 Å². The zero-order chi connectivity index (χ0) is 24.6. The van der Waals surface area contributed by atoms with E-state index in [4.69, 9.17) is 4.98 Å². The predicted molar refractivity (Wildman–Crippen MR) is 141 cm³/mol. The van der Waals surface area contributed by atoms with Gasteiger partial charge in [-0.05, 0) is 30.8 Å². The molecule has 182 valence electrons. The van der Waals surface area contributed by atoms with Crippen LogP contribution in [0, 0.1) is 0 Å². The summed E-state index contributed by atoms with van der Waals surface area (Å²) in [6, 6.07) is 8.01. The summed E-state index contributed by atoms with van der Waals surface area (Å²) >= 11 is 0. The summed E-state index contributed by atoms with van der Waals surface area (Å²) in [4.78, 5) is 33.6. The molecule has 0 bridgehead atoms. The minimum Gasteiger partial charge on any atom is -0.366 e. The number of H-pyrrole nitrogens is 2.